The number of benzene rings is 2. The molecule has 0 radical (unpaired) electrons. The molecule has 0 saturated heterocycles. The molecule has 1 N–H and O–H groups in total. The molecular formula is C23H23NO3. The Balaban J connectivity index is 1.62. The second-order valence-electron chi connectivity index (χ2n) is 6.29. The molecule has 0 saturated carbocycles. The summed E-state index contributed by atoms with van der Waals surface area (Å²) in [5, 5.41) is 2.92. The van der Waals surface area contributed by atoms with Gasteiger partial charge in [0.2, 0.25) is 0 Å². The van der Waals surface area contributed by atoms with Crippen LogP contribution >= 0.6 is 0 Å². The van der Waals surface area contributed by atoms with Crippen molar-refractivity contribution in [3.63, 3.8) is 0 Å². The summed E-state index contributed by atoms with van der Waals surface area (Å²) in [6.45, 7) is 4.93. The van der Waals surface area contributed by atoms with Crippen molar-refractivity contribution >= 4 is 17.6 Å². The van der Waals surface area contributed by atoms with Crippen LogP contribution in [0, 0.1) is 13.8 Å². The molecule has 0 spiro atoms. The van der Waals surface area contributed by atoms with Crippen LogP contribution in [0.2, 0.25) is 0 Å². The molecule has 4 heteroatoms. The van der Waals surface area contributed by atoms with Crippen molar-refractivity contribution in [2.24, 2.45) is 0 Å². The number of carbonyl (C=O) groups excluding carboxylic acids is 1. The van der Waals surface area contributed by atoms with E-state index in [1.54, 1.807) is 18.4 Å². The van der Waals surface area contributed by atoms with Gasteiger partial charge in [-0.05, 0) is 60.9 Å². The number of amides is 1. The number of carbonyl (C=O) groups is 1. The van der Waals surface area contributed by atoms with Gasteiger partial charge in [-0.3, -0.25) is 4.79 Å². The van der Waals surface area contributed by atoms with Gasteiger partial charge in [-0.1, -0.05) is 36.4 Å². The van der Waals surface area contributed by atoms with Gasteiger partial charge in [0.25, 0.3) is 5.91 Å². The van der Waals surface area contributed by atoms with E-state index in [1.807, 2.05) is 54.6 Å². The summed E-state index contributed by atoms with van der Waals surface area (Å²) in [4.78, 5) is 12.7. The number of hydrogen-bond acceptors (Lipinski definition) is 3. The number of hydrogen-bond donors (Lipinski definition) is 1. The molecule has 138 valence electrons. The third-order valence-electron chi connectivity index (χ3n) is 4.29. The van der Waals surface area contributed by atoms with Gasteiger partial charge in [-0.2, -0.15) is 0 Å². The van der Waals surface area contributed by atoms with Crippen molar-refractivity contribution in [3.05, 3.63) is 89.4 Å². The van der Waals surface area contributed by atoms with Crippen molar-refractivity contribution in [3.8, 4) is 5.75 Å². The molecular weight excluding hydrogens is 338 g/mol. The Morgan fingerprint density at radius 2 is 1.85 bits per heavy atom. The fourth-order valence-corrected chi connectivity index (χ4v) is 2.65. The number of ether oxygens (including phenoxy) is 1. The second-order valence-corrected chi connectivity index (χ2v) is 6.29. The van der Waals surface area contributed by atoms with Crippen LogP contribution in [-0.4, -0.2) is 19.1 Å². The highest BCUT2D eigenvalue weighted by atomic mass is 16.5. The Hall–Kier alpha value is -3.27. The maximum Gasteiger partial charge on any atom is 0.252 e. The second kappa shape index (κ2) is 8.90. The smallest absolute Gasteiger partial charge is 0.252 e. The zero-order valence-electron chi connectivity index (χ0n) is 15.6. The molecule has 27 heavy (non-hydrogen) atoms. The first kappa shape index (κ1) is 18.5. The molecule has 0 bridgehead atoms. The monoisotopic (exact) mass is 361 g/mol. The van der Waals surface area contributed by atoms with Crippen LogP contribution in [0.25, 0.3) is 11.6 Å². The average Bonchev–Trinajstić information content (AvgIpc) is 3.20. The molecule has 4 nitrogen and oxygen atoms in total. The summed E-state index contributed by atoms with van der Waals surface area (Å²) in [5.74, 6) is 1.28. The molecule has 0 aliphatic heterocycles. The van der Waals surface area contributed by atoms with Crippen LogP contribution in [0.1, 0.15) is 22.5 Å². The number of aryl methyl sites for hydroxylation is 2. The molecule has 0 unspecified atom stereocenters. The van der Waals surface area contributed by atoms with Crippen LogP contribution in [0.15, 0.2) is 71.3 Å². The third kappa shape index (κ3) is 5.11. The minimum Gasteiger partial charge on any atom is -0.492 e. The summed E-state index contributed by atoms with van der Waals surface area (Å²) in [6.07, 6.45) is 3.33. The van der Waals surface area contributed by atoms with E-state index >= 15 is 0 Å². The van der Waals surface area contributed by atoms with E-state index < -0.39 is 0 Å². The first-order chi connectivity index (χ1) is 13.1. The van der Waals surface area contributed by atoms with Crippen molar-refractivity contribution in [2.75, 3.05) is 13.2 Å². The lowest BCUT2D eigenvalue weighted by atomic mass is 10.0. The van der Waals surface area contributed by atoms with E-state index in [1.165, 1.54) is 11.1 Å². The van der Waals surface area contributed by atoms with Crippen LogP contribution in [0.4, 0.5) is 0 Å². The van der Waals surface area contributed by atoms with E-state index in [-0.39, 0.29) is 5.91 Å². The summed E-state index contributed by atoms with van der Waals surface area (Å²) < 4.78 is 11.1. The predicted molar refractivity (Wildman–Crippen MR) is 107 cm³/mol. The molecule has 3 aromatic rings. The van der Waals surface area contributed by atoms with Crippen molar-refractivity contribution in [2.45, 2.75) is 13.8 Å². The minimum absolute atomic E-state index is 0.165. The van der Waals surface area contributed by atoms with E-state index in [0.717, 1.165) is 11.3 Å². The molecule has 1 aromatic heterocycles. The highest BCUT2D eigenvalue weighted by Gasteiger charge is 2.12. The van der Waals surface area contributed by atoms with Gasteiger partial charge in [0.15, 0.2) is 0 Å². The Morgan fingerprint density at radius 1 is 1.04 bits per heavy atom. The van der Waals surface area contributed by atoms with Gasteiger partial charge in [-0.15, -0.1) is 0 Å². The molecule has 0 atom stereocenters. The van der Waals surface area contributed by atoms with Gasteiger partial charge in [0, 0.05) is 0 Å². The minimum atomic E-state index is -0.165. The molecule has 1 amide bonds. The van der Waals surface area contributed by atoms with Gasteiger partial charge < -0.3 is 14.5 Å². The zero-order valence-corrected chi connectivity index (χ0v) is 15.6. The fourth-order valence-electron chi connectivity index (χ4n) is 2.65. The topological polar surface area (TPSA) is 51.5 Å². The lowest BCUT2D eigenvalue weighted by Crippen LogP contribution is -2.28. The van der Waals surface area contributed by atoms with Crippen molar-refractivity contribution in [1.82, 2.24) is 5.32 Å². The first-order valence-corrected chi connectivity index (χ1v) is 8.92. The molecule has 0 aliphatic rings. The third-order valence-corrected chi connectivity index (χ3v) is 4.29. The zero-order chi connectivity index (χ0) is 19.1. The summed E-state index contributed by atoms with van der Waals surface area (Å²) >= 11 is 0. The number of furan rings is 1. The molecule has 3 rings (SSSR count). The normalized spacial score (nSPS) is 11.3. The lowest BCUT2D eigenvalue weighted by Gasteiger charge is -2.11. The number of nitrogens with one attached hydrogen (secondary N) is 1. The predicted octanol–water partition coefficient (Wildman–Crippen LogP) is 4.63. The van der Waals surface area contributed by atoms with Gasteiger partial charge in [-0.25, -0.2) is 0 Å². The highest BCUT2D eigenvalue weighted by Crippen LogP contribution is 2.19. The summed E-state index contributed by atoms with van der Waals surface area (Å²) in [7, 11) is 0. The van der Waals surface area contributed by atoms with E-state index in [2.05, 4.69) is 19.2 Å². The summed E-state index contributed by atoms with van der Waals surface area (Å²) in [6, 6.07) is 19.1. The van der Waals surface area contributed by atoms with Gasteiger partial charge in [0.1, 0.15) is 18.1 Å². The maximum atomic E-state index is 12.7. The van der Waals surface area contributed by atoms with Crippen LogP contribution in [0.3, 0.4) is 0 Å². The molecule has 2 aromatic carbocycles. The van der Waals surface area contributed by atoms with Gasteiger partial charge in [0.05, 0.1) is 18.4 Å². The first-order valence-electron chi connectivity index (χ1n) is 8.92. The van der Waals surface area contributed by atoms with Crippen LogP contribution in [-0.2, 0) is 4.79 Å². The fraction of sp³-hybridized carbons (Fsp3) is 0.174. The highest BCUT2D eigenvalue weighted by molar-refractivity contribution is 6.24. The Kier molecular flexibility index (Phi) is 6.10. The Bertz CT molecular complexity index is 912. The van der Waals surface area contributed by atoms with Crippen molar-refractivity contribution in [1.29, 1.82) is 0 Å². The summed E-state index contributed by atoms with van der Waals surface area (Å²) in [5.41, 5.74) is 3.80. The molecule has 0 fully saturated rings. The van der Waals surface area contributed by atoms with E-state index in [9.17, 15) is 4.79 Å². The van der Waals surface area contributed by atoms with E-state index in [4.69, 9.17) is 9.15 Å². The molecule has 1 heterocycles. The average molecular weight is 361 g/mol. The standard InChI is InChI=1S/C23H23NO3/c1-17-10-11-21(15-18(17)2)27-14-12-24-23(25)22(16-20-9-6-13-26-20)19-7-4-3-5-8-19/h3-11,13,15-16H,12,14H2,1-2H3,(H,24,25)/b22-16+. The Labute approximate surface area is 159 Å². The lowest BCUT2D eigenvalue weighted by molar-refractivity contribution is -0.115. The van der Waals surface area contributed by atoms with Gasteiger partial charge >= 0.3 is 0 Å². The van der Waals surface area contributed by atoms with Crippen LogP contribution < -0.4 is 10.1 Å². The SMILES string of the molecule is Cc1ccc(OCCNC(=O)/C(=C/c2ccco2)c2ccccc2)cc1C. The maximum absolute atomic E-state index is 12.7. The largest absolute Gasteiger partial charge is 0.492 e. The molecule has 0 aliphatic carbocycles. The van der Waals surface area contributed by atoms with Crippen LogP contribution in [0.5, 0.6) is 5.75 Å². The quantitative estimate of drug-likeness (QED) is 0.493. The van der Waals surface area contributed by atoms with E-state index in [0.29, 0.717) is 24.5 Å². The Morgan fingerprint density at radius 3 is 2.56 bits per heavy atom. The number of rotatable bonds is 7. The van der Waals surface area contributed by atoms with Crippen molar-refractivity contribution < 1.29 is 13.9 Å².